The lowest BCUT2D eigenvalue weighted by Gasteiger charge is -2.19. The molecule has 0 bridgehead atoms. The number of carbonyl (C=O) groups is 3. The number of carbonyl (C=O) groups excluding carboxylic acids is 3. The Morgan fingerprint density at radius 2 is 1.76 bits per heavy atom. The first kappa shape index (κ1) is 18.2. The summed E-state index contributed by atoms with van der Waals surface area (Å²) in [7, 11) is 0. The number of nitrogens with one attached hydrogen (secondary N) is 1. The van der Waals surface area contributed by atoms with Gasteiger partial charge < -0.3 is 5.32 Å². The van der Waals surface area contributed by atoms with E-state index < -0.39 is 0 Å². The Labute approximate surface area is 156 Å². The van der Waals surface area contributed by atoms with Crippen molar-refractivity contribution in [3.63, 3.8) is 0 Å². The largest absolute Gasteiger partial charge is 0.348 e. The SMILES string of the molecule is CC(NC(=O)CN1C(=O)C2CCCCC2C1=O)c1ccc(Cl)c(Cl)c1. The van der Waals surface area contributed by atoms with Crippen LogP contribution < -0.4 is 5.32 Å². The van der Waals surface area contributed by atoms with Gasteiger partial charge in [0, 0.05) is 0 Å². The van der Waals surface area contributed by atoms with Crippen molar-refractivity contribution in [3.8, 4) is 0 Å². The van der Waals surface area contributed by atoms with Gasteiger partial charge in [-0.1, -0.05) is 42.1 Å². The highest BCUT2D eigenvalue weighted by Crippen LogP contribution is 2.37. The van der Waals surface area contributed by atoms with Crippen LogP contribution >= 0.6 is 23.2 Å². The topological polar surface area (TPSA) is 66.5 Å². The zero-order valence-corrected chi connectivity index (χ0v) is 15.4. The third kappa shape index (κ3) is 3.67. The summed E-state index contributed by atoms with van der Waals surface area (Å²) in [4.78, 5) is 38.3. The molecular formula is C18H20Cl2N2O3. The number of hydrogen-bond donors (Lipinski definition) is 1. The summed E-state index contributed by atoms with van der Waals surface area (Å²) in [6.45, 7) is 1.58. The normalized spacial score (nSPS) is 24.2. The second kappa shape index (κ2) is 7.34. The molecular weight excluding hydrogens is 363 g/mol. The van der Waals surface area contributed by atoms with Crippen LogP contribution in [-0.2, 0) is 14.4 Å². The lowest BCUT2D eigenvalue weighted by atomic mass is 9.81. The van der Waals surface area contributed by atoms with Crippen molar-refractivity contribution in [3.05, 3.63) is 33.8 Å². The summed E-state index contributed by atoms with van der Waals surface area (Å²) in [5, 5.41) is 3.66. The summed E-state index contributed by atoms with van der Waals surface area (Å²) in [6, 6.07) is 4.83. The molecule has 0 aromatic heterocycles. The van der Waals surface area contributed by atoms with Gasteiger partial charge in [-0.25, -0.2) is 0 Å². The maximum absolute atomic E-state index is 12.4. The maximum atomic E-state index is 12.4. The number of rotatable bonds is 4. The van der Waals surface area contributed by atoms with Gasteiger partial charge in [-0.2, -0.15) is 0 Å². The van der Waals surface area contributed by atoms with E-state index in [1.165, 1.54) is 0 Å². The van der Waals surface area contributed by atoms with E-state index in [1.807, 2.05) is 6.92 Å². The van der Waals surface area contributed by atoms with E-state index in [4.69, 9.17) is 23.2 Å². The van der Waals surface area contributed by atoms with Crippen LogP contribution in [0, 0.1) is 11.8 Å². The van der Waals surface area contributed by atoms with Gasteiger partial charge >= 0.3 is 0 Å². The number of hydrogen-bond acceptors (Lipinski definition) is 3. The summed E-state index contributed by atoms with van der Waals surface area (Å²) in [6.07, 6.45) is 3.42. The Morgan fingerprint density at radius 1 is 1.16 bits per heavy atom. The maximum Gasteiger partial charge on any atom is 0.240 e. The molecule has 1 aliphatic carbocycles. The number of halogens is 2. The molecule has 2 fully saturated rings. The van der Waals surface area contributed by atoms with Crippen LogP contribution in [0.25, 0.3) is 0 Å². The Kier molecular flexibility index (Phi) is 5.35. The molecule has 0 radical (unpaired) electrons. The molecule has 3 unspecified atom stereocenters. The highest BCUT2D eigenvalue weighted by molar-refractivity contribution is 6.42. The van der Waals surface area contributed by atoms with Crippen LogP contribution in [0.3, 0.4) is 0 Å². The van der Waals surface area contributed by atoms with Crippen LogP contribution in [0.2, 0.25) is 10.0 Å². The first-order valence-electron chi connectivity index (χ1n) is 8.48. The fourth-order valence-electron chi connectivity index (χ4n) is 3.68. The van der Waals surface area contributed by atoms with E-state index in [0.29, 0.717) is 10.0 Å². The van der Waals surface area contributed by atoms with Gasteiger partial charge in [-0.05, 0) is 37.5 Å². The lowest BCUT2D eigenvalue weighted by Crippen LogP contribution is -2.41. The third-order valence-electron chi connectivity index (χ3n) is 5.06. The van der Waals surface area contributed by atoms with Gasteiger partial charge in [0.05, 0.1) is 27.9 Å². The molecule has 0 spiro atoms. The zero-order valence-electron chi connectivity index (χ0n) is 13.9. The van der Waals surface area contributed by atoms with Crippen molar-refractivity contribution in [1.29, 1.82) is 0 Å². The van der Waals surface area contributed by atoms with Crippen molar-refractivity contribution in [2.75, 3.05) is 6.54 Å². The lowest BCUT2D eigenvalue weighted by molar-refractivity contribution is -0.143. The van der Waals surface area contributed by atoms with Gasteiger partial charge in [-0.15, -0.1) is 0 Å². The molecule has 3 amide bonds. The monoisotopic (exact) mass is 382 g/mol. The predicted molar refractivity (Wildman–Crippen MR) is 95.2 cm³/mol. The molecule has 1 N–H and O–H groups in total. The Balaban J connectivity index is 1.63. The second-order valence-electron chi connectivity index (χ2n) is 6.72. The summed E-state index contributed by atoms with van der Waals surface area (Å²) < 4.78 is 0. The highest BCUT2D eigenvalue weighted by Gasteiger charge is 2.48. The van der Waals surface area contributed by atoms with Gasteiger partial charge in [0.15, 0.2) is 0 Å². The van der Waals surface area contributed by atoms with Crippen LogP contribution in [0.5, 0.6) is 0 Å². The average Bonchev–Trinajstić information content (AvgIpc) is 2.82. The minimum absolute atomic E-state index is 0.202. The quantitative estimate of drug-likeness (QED) is 0.811. The van der Waals surface area contributed by atoms with Crippen molar-refractivity contribution in [2.24, 2.45) is 11.8 Å². The van der Waals surface area contributed by atoms with E-state index in [1.54, 1.807) is 18.2 Å². The number of likely N-dealkylation sites (tertiary alicyclic amines) is 1. The first-order valence-corrected chi connectivity index (χ1v) is 9.23. The summed E-state index contributed by atoms with van der Waals surface area (Å²) >= 11 is 11.9. The number of imide groups is 1. The minimum atomic E-state index is -0.362. The van der Waals surface area contributed by atoms with E-state index in [0.717, 1.165) is 36.1 Å². The molecule has 134 valence electrons. The van der Waals surface area contributed by atoms with Gasteiger partial charge in [0.2, 0.25) is 17.7 Å². The first-order chi connectivity index (χ1) is 11.9. The second-order valence-corrected chi connectivity index (χ2v) is 7.54. The molecule has 1 aromatic carbocycles. The van der Waals surface area contributed by atoms with Crippen LogP contribution in [0.15, 0.2) is 18.2 Å². The Hall–Kier alpha value is -1.59. The zero-order chi connectivity index (χ0) is 18.1. The van der Waals surface area contributed by atoms with Crippen molar-refractivity contribution in [1.82, 2.24) is 10.2 Å². The minimum Gasteiger partial charge on any atom is -0.348 e. The van der Waals surface area contributed by atoms with Crippen LogP contribution in [-0.4, -0.2) is 29.2 Å². The van der Waals surface area contributed by atoms with Gasteiger partial charge in [0.25, 0.3) is 0 Å². The van der Waals surface area contributed by atoms with E-state index >= 15 is 0 Å². The van der Waals surface area contributed by atoms with E-state index in [2.05, 4.69) is 5.32 Å². The van der Waals surface area contributed by atoms with Gasteiger partial charge in [-0.3, -0.25) is 19.3 Å². The third-order valence-corrected chi connectivity index (χ3v) is 5.79. The number of amides is 3. The van der Waals surface area contributed by atoms with Crippen molar-refractivity contribution >= 4 is 40.9 Å². The molecule has 3 rings (SSSR count). The molecule has 25 heavy (non-hydrogen) atoms. The smallest absolute Gasteiger partial charge is 0.240 e. The van der Waals surface area contributed by atoms with Crippen molar-refractivity contribution < 1.29 is 14.4 Å². The standard InChI is InChI=1S/C18H20Cl2N2O3/c1-10(11-6-7-14(19)15(20)8-11)21-16(23)9-22-17(24)12-4-2-3-5-13(12)18(22)25/h6-8,10,12-13H,2-5,9H2,1H3,(H,21,23). The molecule has 5 nitrogen and oxygen atoms in total. The molecule has 1 saturated heterocycles. The molecule has 3 atom stereocenters. The fourth-order valence-corrected chi connectivity index (χ4v) is 3.99. The fraction of sp³-hybridized carbons (Fsp3) is 0.500. The van der Waals surface area contributed by atoms with Crippen LogP contribution in [0.4, 0.5) is 0 Å². The predicted octanol–water partition coefficient (Wildman–Crippen LogP) is 3.35. The van der Waals surface area contributed by atoms with Crippen molar-refractivity contribution in [2.45, 2.75) is 38.6 Å². The summed E-state index contributed by atoms with van der Waals surface area (Å²) in [5.74, 6) is -1.24. The molecule has 7 heteroatoms. The van der Waals surface area contributed by atoms with E-state index in [-0.39, 0.29) is 42.1 Å². The average molecular weight is 383 g/mol. The Morgan fingerprint density at radius 3 is 2.32 bits per heavy atom. The number of nitrogens with zero attached hydrogens (tertiary/aromatic N) is 1. The molecule has 1 saturated carbocycles. The highest BCUT2D eigenvalue weighted by atomic mass is 35.5. The number of benzene rings is 1. The molecule has 1 heterocycles. The Bertz CT molecular complexity index is 698. The van der Waals surface area contributed by atoms with E-state index in [9.17, 15) is 14.4 Å². The molecule has 1 aromatic rings. The molecule has 1 aliphatic heterocycles. The summed E-state index contributed by atoms with van der Waals surface area (Å²) in [5.41, 5.74) is 0.801. The van der Waals surface area contributed by atoms with Crippen LogP contribution in [0.1, 0.15) is 44.2 Å². The molecule has 2 aliphatic rings. The number of fused-ring (bicyclic) bond motifs is 1. The van der Waals surface area contributed by atoms with Gasteiger partial charge in [0.1, 0.15) is 6.54 Å².